The van der Waals surface area contributed by atoms with E-state index >= 15 is 0 Å². The summed E-state index contributed by atoms with van der Waals surface area (Å²) in [6.45, 7) is 0. The number of rotatable bonds is 5. The minimum absolute atomic E-state index is 0.0417. The molecule has 0 aliphatic rings. The molecule has 5 heteroatoms. The fraction of sp³-hybridized carbons (Fsp3) is 0.400. The Morgan fingerprint density at radius 3 is 2.80 bits per heavy atom. The number of hydrogen-bond donors (Lipinski definition) is 1. The molecule has 82 valence electrons. The predicted octanol–water partition coefficient (Wildman–Crippen LogP) is 3.35. The fourth-order valence-electron chi connectivity index (χ4n) is 1.05. The van der Waals surface area contributed by atoms with Gasteiger partial charge in [-0.25, -0.2) is 4.98 Å². The van der Waals surface area contributed by atoms with E-state index in [4.69, 9.17) is 0 Å². The zero-order valence-electron chi connectivity index (χ0n) is 8.17. The Labute approximate surface area is 106 Å². The van der Waals surface area contributed by atoms with Crippen molar-refractivity contribution in [3.63, 3.8) is 0 Å². The lowest BCUT2D eigenvalue weighted by molar-refractivity contribution is -0.116. The molecular weight excluding hydrogens is 324 g/mol. The summed E-state index contributed by atoms with van der Waals surface area (Å²) in [6, 6.07) is 3.62. The maximum atomic E-state index is 11.4. The number of pyridine rings is 1. The predicted molar refractivity (Wildman–Crippen MR) is 68.2 cm³/mol. The number of halogens is 2. The normalized spacial score (nSPS) is 10.0. The molecule has 1 N–H and O–H groups in total. The van der Waals surface area contributed by atoms with Crippen LogP contribution in [0, 0.1) is 0 Å². The van der Waals surface area contributed by atoms with Crippen LogP contribution in [0.5, 0.6) is 0 Å². The molecule has 1 amide bonds. The van der Waals surface area contributed by atoms with Gasteiger partial charge in [0.05, 0.1) is 11.9 Å². The van der Waals surface area contributed by atoms with Crippen LogP contribution in [-0.2, 0) is 4.79 Å². The zero-order chi connectivity index (χ0) is 11.1. The minimum Gasteiger partial charge on any atom is -0.325 e. The molecule has 1 aromatic rings. The van der Waals surface area contributed by atoms with Crippen molar-refractivity contribution < 1.29 is 4.79 Å². The third-order valence-corrected chi connectivity index (χ3v) is 2.83. The third kappa shape index (κ3) is 5.28. The molecule has 3 nitrogen and oxygen atoms in total. The number of hydrogen-bond acceptors (Lipinski definition) is 2. The number of aromatic nitrogens is 1. The summed E-state index contributed by atoms with van der Waals surface area (Å²) in [5, 5.41) is 3.74. The lowest BCUT2D eigenvalue weighted by Crippen LogP contribution is -2.11. The number of alkyl halides is 1. The maximum Gasteiger partial charge on any atom is 0.224 e. The van der Waals surface area contributed by atoms with Crippen LogP contribution in [0.15, 0.2) is 22.9 Å². The van der Waals surface area contributed by atoms with Gasteiger partial charge in [-0.1, -0.05) is 15.9 Å². The second-order valence-electron chi connectivity index (χ2n) is 3.06. The van der Waals surface area contributed by atoms with Crippen molar-refractivity contribution in [3.05, 3.63) is 22.9 Å². The van der Waals surface area contributed by atoms with Crippen LogP contribution in [-0.4, -0.2) is 16.2 Å². The van der Waals surface area contributed by atoms with E-state index in [0.717, 1.165) is 28.5 Å². The molecule has 0 aliphatic heterocycles. The summed E-state index contributed by atoms with van der Waals surface area (Å²) in [5.41, 5.74) is 0.738. The number of anilines is 1. The van der Waals surface area contributed by atoms with E-state index < -0.39 is 0 Å². The number of carbonyl (C=O) groups is 1. The van der Waals surface area contributed by atoms with E-state index in [2.05, 4.69) is 42.2 Å². The Morgan fingerprint density at radius 1 is 1.40 bits per heavy atom. The summed E-state index contributed by atoms with van der Waals surface area (Å²) in [7, 11) is 0. The molecule has 15 heavy (non-hydrogen) atoms. The highest BCUT2D eigenvalue weighted by Gasteiger charge is 2.01. The lowest BCUT2D eigenvalue weighted by atomic mass is 10.2. The molecule has 0 spiro atoms. The highest BCUT2D eigenvalue weighted by atomic mass is 79.9. The molecule has 1 aromatic heterocycles. The zero-order valence-corrected chi connectivity index (χ0v) is 11.3. The Bertz CT molecular complexity index is 314. The Hall–Kier alpha value is -0.420. The smallest absolute Gasteiger partial charge is 0.224 e. The van der Waals surface area contributed by atoms with Crippen LogP contribution in [0.3, 0.4) is 0 Å². The number of nitrogens with zero attached hydrogens (tertiary/aromatic N) is 1. The van der Waals surface area contributed by atoms with Gasteiger partial charge in [0.2, 0.25) is 5.91 Å². The quantitative estimate of drug-likeness (QED) is 0.509. The van der Waals surface area contributed by atoms with E-state index in [1.165, 1.54) is 0 Å². The second-order valence-corrected chi connectivity index (χ2v) is 4.67. The summed E-state index contributed by atoms with van der Waals surface area (Å²) < 4.78 is 0.764. The van der Waals surface area contributed by atoms with Crippen LogP contribution < -0.4 is 5.32 Å². The first kappa shape index (κ1) is 12.6. The highest BCUT2D eigenvalue weighted by Crippen LogP contribution is 2.11. The summed E-state index contributed by atoms with van der Waals surface area (Å²) in [4.78, 5) is 15.4. The first-order chi connectivity index (χ1) is 7.22. The van der Waals surface area contributed by atoms with Gasteiger partial charge in [0.15, 0.2) is 0 Å². The van der Waals surface area contributed by atoms with Gasteiger partial charge in [0.25, 0.3) is 0 Å². The molecule has 0 saturated heterocycles. The minimum atomic E-state index is 0.0417. The molecule has 0 bridgehead atoms. The lowest BCUT2D eigenvalue weighted by Gasteiger charge is -2.03. The van der Waals surface area contributed by atoms with E-state index in [-0.39, 0.29) is 5.91 Å². The molecule has 0 saturated carbocycles. The standard InChI is InChI=1S/C10H12Br2N2O/c11-6-2-1-3-10(15)14-8-4-5-9(12)13-7-8/h4-5,7H,1-3,6H2,(H,14,15). The van der Waals surface area contributed by atoms with Crippen molar-refractivity contribution in [1.29, 1.82) is 0 Å². The van der Waals surface area contributed by atoms with Crippen molar-refractivity contribution in [2.75, 3.05) is 10.6 Å². The van der Waals surface area contributed by atoms with E-state index in [1.807, 2.05) is 6.07 Å². The average molecular weight is 336 g/mol. The topological polar surface area (TPSA) is 42.0 Å². The molecule has 0 fully saturated rings. The molecule has 0 aromatic carbocycles. The second kappa shape index (κ2) is 6.95. The van der Waals surface area contributed by atoms with Gasteiger partial charge in [-0.05, 0) is 40.9 Å². The monoisotopic (exact) mass is 334 g/mol. The van der Waals surface area contributed by atoms with Crippen molar-refractivity contribution in [2.24, 2.45) is 0 Å². The first-order valence-corrected chi connectivity index (χ1v) is 6.61. The van der Waals surface area contributed by atoms with E-state index in [0.29, 0.717) is 6.42 Å². The van der Waals surface area contributed by atoms with E-state index in [1.54, 1.807) is 12.3 Å². The van der Waals surface area contributed by atoms with Gasteiger partial charge in [-0.3, -0.25) is 4.79 Å². The van der Waals surface area contributed by atoms with Crippen LogP contribution in [0.4, 0.5) is 5.69 Å². The number of amides is 1. The van der Waals surface area contributed by atoms with Crippen LogP contribution in [0.1, 0.15) is 19.3 Å². The number of unbranched alkanes of at least 4 members (excludes halogenated alkanes) is 1. The van der Waals surface area contributed by atoms with Crippen molar-refractivity contribution in [3.8, 4) is 0 Å². The molecular formula is C10H12Br2N2O. The molecule has 0 radical (unpaired) electrons. The van der Waals surface area contributed by atoms with Gasteiger partial charge in [-0.15, -0.1) is 0 Å². The van der Waals surface area contributed by atoms with Gasteiger partial charge in [-0.2, -0.15) is 0 Å². The molecule has 1 heterocycles. The van der Waals surface area contributed by atoms with Gasteiger partial charge in [0, 0.05) is 11.8 Å². The summed E-state index contributed by atoms with van der Waals surface area (Å²) >= 11 is 6.56. The van der Waals surface area contributed by atoms with Crippen molar-refractivity contribution in [2.45, 2.75) is 19.3 Å². The molecule has 0 unspecified atom stereocenters. The summed E-state index contributed by atoms with van der Waals surface area (Å²) in [6.07, 6.45) is 4.11. The van der Waals surface area contributed by atoms with Crippen LogP contribution in [0.25, 0.3) is 0 Å². The number of carbonyl (C=O) groups excluding carboxylic acids is 1. The fourth-order valence-corrected chi connectivity index (χ4v) is 1.68. The van der Waals surface area contributed by atoms with Gasteiger partial charge in [0.1, 0.15) is 4.60 Å². The van der Waals surface area contributed by atoms with Crippen LogP contribution in [0.2, 0.25) is 0 Å². The first-order valence-electron chi connectivity index (χ1n) is 4.70. The van der Waals surface area contributed by atoms with Gasteiger partial charge >= 0.3 is 0 Å². The largest absolute Gasteiger partial charge is 0.325 e. The van der Waals surface area contributed by atoms with Gasteiger partial charge < -0.3 is 5.32 Å². The maximum absolute atomic E-state index is 11.4. The Balaban J connectivity index is 2.34. The molecule has 0 atom stereocenters. The average Bonchev–Trinajstić information content (AvgIpc) is 2.22. The number of nitrogens with one attached hydrogen (secondary N) is 1. The Kier molecular flexibility index (Phi) is 5.86. The van der Waals surface area contributed by atoms with Crippen molar-refractivity contribution in [1.82, 2.24) is 4.98 Å². The van der Waals surface area contributed by atoms with Crippen LogP contribution >= 0.6 is 31.9 Å². The Morgan fingerprint density at radius 2 is 2.20 bits per heavy atom. The summed E-state index contributed by atoms with van der Waals surface area (Å²) in [5.74, 6) is 0.0417. The highest BCUT2D eigenvalue weighted by molar-refractivity contribution is 9.10. The van der Waals surface area contributed by atoms with Crippen molar-refractivity contribution >= 4 is 43.5 Å². The third-order valence-electron chi connectivity index (χ3n) is 1.80. The SMILES string of the molecule is O=C(CCCCBr)Nc1ccc(Br)nc1. The molecule has 1 rings (SSSR count). The molecule has 0 aliphatic carbocycles. The van der Waals surface area contributed by atoms with E-state index in [9.17, 15) is 4.79 Å².